The number of amides is 1. The van der Waals surface area contributed by atoms with Crippen LogP contribution in [0.25, 0.3) is 0 Å². The first-order chi connectivity index (χ1) is 9.69. The second kappa shape index (κ2) is 5.13. The lowest BCUT2D eigenvalue weighted by atomic mass is 10.1. The third-order valence-corrected chi connectivity index (χ3v) is 4.38. The molecule has 6 heteroatoms. The maximum Gasteiger partial charge on any atom is 0.261 e. The van der Waals surface area contributed by atoms with Gasteiger partial charge in [-0.3, -0.25) is 10.1 Å². The Bertz CT molecular complexity index is 645. The first-order valence-corrected chi connectivity index (χ1v) is 7.23. The van der Waals surface area contributed by atoms with E-state index >= 15 is 0 Å². The standard InChI is InChI=1S/C14H15N3O2S/c1-19-12-8(4-2-5-9(12)15)13(18)17-14-16-10-6-3-7-11(10)20-14/h2,4-5H,3,6-7,15H2,1H3,(H,16,17,18). The van der Waals surface area contributed by atoms with Gasteiger partial charge in [0.15, 0.2) is 10.9 Å². The molecule has 0 fully saturated rings. The van der Waals surface area contributed by atoms with Crippen molar-refractivity contribution in [1.82, 2.24) is 4.98 Å². The molecule has 0 radical (unpaired) electrons. The fourth-order valence-corrected chi connectivity index (χ4v) is 3.41. The van der Waals surface area contributed by atoms with E-state index in [0.717, 1.165) is 25.0 Å². The first-order valence-electron chi connectivity index (χ1n) is 6.41. The maximum atomic E-state index is 12.3. The zero-order valence-corrected chi connectivity index (χ0v) is 11.9. The van der Waals surface area contributed by atoms with Crippen LogP contribution in [0.4, 0.5) is 10.8 Å². The van der Waals surface area contributed by atoms with Gasteiger partial charge in [0, 0.05) is 4.88 Å². The van der Waals surface area contributed by atoms with Gasteiger partial charge < -0.3 is 10.5 Å². The van der Waals surface area contributed by atoms with Crippen molar-refractivity contribution < 1.29 is 9.53 Å². The van der Waals surface area contributed by atoms with Gasteiger partial charge >= 0.3 is 0 Å². The topological polar surface area (TPSA) is 77.2 Å². The Balaban J connectivity index is 1.84. The van der Waals surface area contributed by atoms with Crippen molar-refractivity contribution in [3.8, 4) is 5.75 Å². The SMILES string of the molecule is COc1c(N)cccc1C(=O)Nc1nc2c(s1)CCC2. The number of benzene rings is 1. The summed E-state index contributed by atoms with van der Waals surface area (Å²) in [6.07, 6.45) is 3.22. The predicted octanol–water partition coefficient (Wildman–Crippen LogP) is 2.47. The molecule has 0 atom stereocenters. The van der Waals surface area contributed by atoms with E-state index in [-0.39, 0.29) is 5.91 Å². The number of hydrogen-bond acceptors (Lipinski definition) is 5. The molecule has 3 rings (SSSR count). The summed E-state index contributed by atoms with van der Waals surface area (Å²) < 4.78 is 5.19. The number of nitrogen functional groups attached to an aromatic ring is 1. The van der Waals surface area contributed by atoms with Crippen LogP contribution in [-0.4, -0.2) is 18.0 Å². The zero-order valence-electron chi connectivity index (χ0n) is 11.1. The van der Waals surface area contributed by atoms with Gasteiger partial charge in [0.2, 0.25) is 0 Å². The van der Waals surface area contributed by atoms with Crippen LogP contribution in [0, 0.1) is 0 Å². The average molecular weight is 289 g/mol. The number of para-hydroxylation sites is 1. The molecule has 1 aliphatic rings. The summed E-state index contributed by atoms with van der Waals surface area (Å²) in [4.78, 5) is 18.0. The molecule has 0 saturated heterocycles. The fraction of sp³-hybridized carbons (Fsp3) is 0.286. The molecule has 1 heterocycles. The van der Waals surface area contributed by atoms with Crippen LogP contribution in [0.2, 0.25) is 0 Å². The summed E-state index contributed by atoms with van der Waals surface area (Å²) in [6, 6.07) is 5.12. The van der Waals surface area contributed by atoms with Crippen molar-refractivity contribution in [2.75, 3.05) is 18.2 Å². The molecular weight excluding hydrogens is 274 g/mol. The number of anilines is 2. The molecule has 0 unspecified atom stereocenters. The van der Waals surface area contributed by atoms with E-state index in [4.69, 9.17) is 10.5 Å². The third kappa shape index (κ3) is 2.22. The van der Waals surface area contributed by atoms with Crippen LogP contribution in [0.3, 0.4) is 0 Å². The Morgan fingerprint density at radius 2 is 2.30 bits per heavy atom. The summed E-state index contributed by atoms with van der Waals surface area (Å²) in [5.74, 6) is 0.149. The molecule has 1 aromatic heterocycles. The number of rotatable bonds is 3. The Morgan fingerprint density at radius 3 is 3.05 bits per heavy atom. The number of fused-ring (bicyclic) bond motifs is 1. The Morgan fingerprint density at radius 1 is 1.45 bits per heavy atom. The molecule has 1 aliphatic carbocycles. The number of carbonyl (C=O) groups excluding carboxylic acids is 1. The Labute approximate surface area is 120 Å². The predicted molar refractivity (Wildman–Crippen MR) is 79.5 cm³/mol. The van der Waals surface area contributed by atoms with Gasteiger partial charge in [-0.1, -0.05) is 6.07 Å². The highest BCUT2D eigenvalue weighted by Gasteiger charge is 2.20. The van der Waals surface area contributed by atoms with Gasteiger partial charge in [0.25, 0.3) is 5.91 Å². The minimum atomic E-state index is -0.249. The van der Waals surface area contributed by atoms with Gasteiger partial charge in [-0.15, -0.1) is 11.3 Å². The number of nitrogens with zero attached hydrogens (tertiary/aromatic N) is 1. The van der Waals surface area contributed by atoms with Crippen molar-refractivity contribution in [3.63, 3.8) is 0 Å². The van der Waals surface area contributed by atoms with Crippen molar-refractivity contribution in [2.24, 2.45) is 0 Å². The first kappa shape index (κ1) is 12.9. The molecule has 0 spiro atoms. The minimum Gasteiger partial charge on any atom is -0.494 e. The Kier molecular flexibility index (Phi) is 3.31. The van der Waals surface area contributed by atoms with Crippen molar-refractivity contribution in [3.05, 3.63) is 34.3 Å². The molecule has 1 amide bonds. The van der Waals surface area contributed by atoms with Gasteiger partial charge in [-0.2, -0.15) is 0 Å². The van der Waals surface area contributed by atoms with Crippen LogP contribution in [-0.2, 0) is 12.8 Å². The molecule has 2 aromatic rings. The highest BCUT2D eigenvalue weighted by molar-refractivity contribution is 7.16. The monoisotopic (exact) mass is 289 g/mol. The van der Waals surface area contributed by atoms with Crippen LogP contribution < -0.4 is 15.8 Å². The van der Waals surface area contributed by atoms with E-state index in [9.17, 15) is 4.79 Å². The van der Waals surface area contributed by atoms with E-state index in [1.807, 2.05) is 0 Å². The number of nitrogens with one attached hydrogen (secondary N) is 1. The molecule has 20 heavy (non-hydrogen) atoms. The minimum absolute atomic E-state index is 0.249. The van der Waals surface area contributed by atoms with E-state index in [2.05, 4.69) is 10.3 Å². The second-order valence-corrected chi connectivity index (χ2v) is 5.71. The van der Waals surface area contributed by atoms with Crippen molar-refractivity contribution in [2.45, 2.75) is 19.3 Å². The number of aryl methyl sites for hydroxylation is 2. The number of aromatic nitrogens is 1. The fourth-order valence-electron chi connectivity index (χ4n) is 2.37. The van der Waals surface area contributed by atoms with E-state index < -0.39 is 0 Å². The summed E-state index contributed by atoms with van der Waals surface area (Å²) in [7, 11) is 1.50. The lowest BCUT2D eigenvalue weighted by Crippen LogP contribution is -2.13. The highest BCUT2D eigenvalue weighted by atomic mass is 32.1. The van der Waals surface area contributed by atoms with Crippen molar-refractivity contribution in [1.29, 1.82) is 0 Å². The average Bonchev–Trinajstić information content (AvgIpc) is 2.99. The largest absolute Gasteiger partial charge is 0.494 e. The van der Waals surface area contributed by atoms with Crippen LogP contribution in [0.1, 0.15) is 27.3 Å². The number of methoxy groups -OCH3 is 1. The lowest BCUT2D eigenvalue weighted by molar-refractivity contribution is 0.102. The number of carbonyl (C=O) groups is 1. The molecule has 1 aromatic carbocycles. The van der Waals surface area contributed by atoms with Crippen LogP contribution in [0.15, 0.2) is 18.2 Å². The molecule has 0 bridgehead atoms. The van der Waals surface area contributed by atoms with Gasteiger partial charge in [0.05, 0.1) is 24.1 Å². The smallest absolute Gasteiger partial charge is 0.261 e. The van der Waals surface area contributed by atoms with Crippen LogP contribution >= 0.6 is 11.3 Å². The number of hydrogen-bond donors (Lipinski definition) is 2. The Hall–Kier alpha value is -2.08. The summed E-state index contributed by atoms with van der Waals surface area (Å²) in [6.45, 7) is 0. The van der Waals surface area contributed by atoms with Gasteiger partial charge in [-0.05, 0) is 31.4 Å². The van der Waals surface area contributed by atoms with Crippen molar-refractivity contribution >= 4 is 28.1 Å². The molecule has 104 valence electrons. The zero-order chi connectivity index (χ0) is 14.1. The second-order valence-electron chi connectivity index (χ2n) is 4.62. The molecule has 0 saturated carbocycles. The molecule has 5 nitrogen and oxygen atoms in total. The third-order valence-electron chi connectivity index (χ3n) is 3.31. The van der Waals surface area contributed by atoms with Gasteiger partial charge in [-0.25, -0.2) is 4.98 Å². The number of thiazole rings is 1. The molecule has 0 aliphatic heterocycles. The molecule has 3 N–H and O–H groups in total. The normalized spacial score (nSPS) is 13.1. The summed E-state index contributed by atoms with van der Waals surface area (Å²) >= 11 is 1.55. The van der Waals surface area contributed by atoms with E-state index in [1.165, 1.54) is 12.0 Å². The molecular formula is C14H15N3O2S. The maximum absolute atomic E-state index is 12.3. The van der Waals surface area contributed by atoms with Crippen LogP contribution in [0.5, 0.6) is 5.75 Å². The quantitative estimate of drug-likeness (QED) is 0.851. The number of nitrogens with two attached hydrogens (primary N) is 1. The lowest BCUT2D eigenvalue weighted by Gasteiger charge is -2.09. The van der Waals surface area contributed by atoms with Gasteiger partial charge in [0.1, 0.15) is 0 Å². The summed E-state index contributed by atoms with van der Waals surface area (Å²) in [5.41, 5.74) is 7.78. The number of ether oxygens (including phenoxy) is 1. The van der Waals surface area contributed by atoms with E-state index in [0.29, 0.717) is 22.1 Å². The van der Waals surface area contributed by atoms with E-state index in [1.54, 1.807) is 29.5 Å². The summed E-state index contributed by atoms with van der Waals surface area (Å²) in [5, 5.41) is 3.47. The highest BCUT2D eigenvalue weighted by Crippen LogP contribution is 2.32.